The van der Waals surface area contributed by atoms with Crippen LogP contribution in [0.4, 0.5) is 0 Å². The second-order valence-electron chi connectivity index (χ2n) is 8.79. The molecular formula is C25H52O4. The van der Waals surface area contributed by atoms with Crippen molar-refractivity contribution in [2.24, 2.45) is 5.41 Å². The van der Waals surface area contributed by atoms with Crippen molar-refractivity contribution in [1.29, 1.82) is 0 Å². The van der Waals surface area contributed by atoms with Crippen LogP contribution in [0.1, 0.15) is 130 Å². The van der Waals surface area contributed by atoms with E-state index in [1.165, 1.54) is 64.2 Å². The zero-order valence-corrected chi connectivity index (χ0v) is 20.6. The van der Waals surface area contributed by atoms with Gasteiger partial charge in [-0.2, -0.15) is 0 Å². The highest BCUT2D eigenvalue weighted by atomic mass is 17.2. The molecule has 176 valence electrons. The van der Waals surface area contributed by atoms with Gasteiger partial charge in [-0.15, -0.1) is 0 Å². The Kier molecular flexibility index (Phi) is 19.7. The minimum Gasteiger partial charge on any atom is -0.240 e. The first kappa shape index (κ1) is 28.8. The smallest absolute Gasteiger partial charge is 0.0935 e. The van der Waals surface area contributed by atoms with Crippen LogP contribution < -0.4 is 0 Å². The zero-order valence-electron chi connectivity index (χ0n) is 20.6. The molecule has 0 amide bonds. The van der Waals surface area contributed by atoms with Crippen LogP contribution in [0.15, 0.2) is 0 Å². The van der Waals surface area contributed by atoms with E-state index in [2.05, 4.69) is 27.7 Å². The van der Waals surface area contributed by atoms with Crippen molar-refractivity contribution in [1.82, 2.24) is 0 Å². The normalized spacial score (nSPS) is 14.3. The topological polar surface area (TPSA) is 36.9 Å². The van der Waals surface area contributed by atoms with Crippen LogP contribution in [0.25, 0.3) is 0 Å². The van der Waals surface area contributed by atoms with Gasteiger partial charge in [0.25, 0.3) is 0 Å². The predicted molar refractivity (Wildman–Crippen MR) is 123 cm³/mol. The van der Waals surface area contributed by atoms with Crippen molar-refractivity contribution in [3.05, 3.63) is 0 Å². The van der Waals surface area contributed by atoms with Gasteiger partial charge in [0.15, 0.2) is 0 Å². The summed E-state index contributed by atoms with van der Waals surface area (Å²) in [6, 6.07) is 0. The molecular weight excluding hydrogens is 364 g/mol. The third-order valence-corrected chi connectivity index (χ3v) is 6.55. The lowest BCUT2D eigenvalue weighted by atomic mass is 9.72. The summed E-state index contributed by atoms with van der Waals surface area (Å²) in [7, 11) is 3.27. The van der Waals surface area contributed by atoms with Crippen LogP contribution in [0.5, 0.6) is 0 Å². The van der Waals surface area contributed by atoms with E-state index in [1.807, 2.05) is 0 Å². The monoisotopic (exact) mass is 416 g/mol. The zero-order chi connectivity index (χ0) is 21.8. The molecule has 0 bridgehead atoms. The van der Waals surface area contributed by atoms with Crippen molar-refractivity contribution in [3.8, 4) is 0 Å². The molecule has 0 rings (SSSR count). The predicted octanol–water partition coefficient (Wildman–Crippen LogP) is 8.19. The molecule has 0 aromatic rings. The van der Waals surface area contributed by atoms with E-state index in [-0.39, 0.29) is 17.6 Å². The van der Waals surface area contributed by atoms with E-state index in [0.29, 0.717) is 0 Å². The number of unbranched alkanes of at least 4 members (excludes halogenated alkanes) is 8. The third-order valence-electron chi connectivity index (χ3n) is 6.55. The average molecular weight is 417 g/mol. The molecule has 4 heteroatoms. The largest absolute Gasteiger partial charge is 0.240 e. The first-order valence-electron chi connectivity index (χ1n) is 12.5. The second kappa shape index (κ2) is 19.8. The maximum absolute atomic E-state index is 5.70. The SMILES string of the molecule is CCCCCCCC(CC(CC)(CC)CC(CCCCCCC)OOC)OOC. The minimum atomic E-state index is 0.161. The van der Waals surface area contributed by atoms with Gasteiger partial charge in [0, 0.05) is 0 Å². The second-order valence-corrected chi connectivity index (χ2v) is 8.79. The fraction of sp³-hybridized carbons (Fsp3) is 1.00. The average Bonchev–Trinajstić information content (AvgIpc) is 2.73. The molecule has 0 N–H and O–H groups in total. The minimum absolute atomic E-state index is 0.161. The Morgan fingerprint density at radius 3 is 1.24 bits per heavy atom. The van der Waals surface area contributed by atoms with Crippen molar-refractivity contribution < 1.29 is 19.6 Å². The van der Waals surface area contributed by atoms with Crippen LogP contribution in [0.3, 0.4) is 0 Å². The molecule has 0 radical (unpaired) electrons. The first-order chi connectivity index (χ1) is 14.1. The van der Waals surface area contributed by atoms with Gasteiger partial charge in [0.2, 0.25) is 0 Å². The summed E-state index contributed by atoms with van der Waals surface area (Å²) in [6.45, 7) is 9.13. The van der Waals surface area contributed by atoms with Crippen molar-refractivity contribution in [2.45, 2.75) is 143 Å². The molecule has 0 saturated heterocycles. The molecule has 0 aromatic heterocycles. The molecule has 0 heterocycles. The summed E-state index contributed by atoms with van der Waals surface area (Å²) in [4.78, 5) is 21.6. The number of hydrogen-bond donors (Lipinski definition) is 0. The lowest BCUT2D eigenvalue weighted by molar-refractivity contribution is -0.320. The van der Waals surface area contributed by atoms with E-state index >= 15 is 0 Å². The molecule has 0 aliphatic rings. The summed E-state index contributed by atoms with van der Waals surface area (Å²) in [5.74, 6) is 0. The van der Waals surface area contributed by atoms with Gasteiger partial charge < -0.3 is 0 Å². The molecule has 4 nitrogen and oxygen atoms in total. The van der Waals surface area contributed by atoms with Crippen LogP contribution in [0, 0.1) is 5.41 Å². The lowest BCUT2D eigenvalue weighted by Crippen LogP contribution is -2.32. The van der Waals surface area contributed by atoms with E-state index in [4.69, 9.17) is 19.6 Å². The van der Waals surface area contributed by atoms with E-state index in [1.54, 1.807) is 14.2 Å². The highest BCUT2D eigenvalue weighted by molar-refractivity contribution is 4.83. The molecule has 2 unspecified atom stereocenters. The molecule has 0 aliphatic carbocycles. The number of rotatable bonds is 22. The van der Waals surface area contributed by atoms with E-state index < -0.39 is 0 Å². The van der Waals surface area contributed by atoms with E-state index in [9.17, 15) is 0 Å². The van der Waals surface area contributed by atoms with Crippen molar-refractivity contribution in [3.63, 3.8) is 0 Å². The molecule has 0 aromatic carbocycles. The summed E-state index contributed by atoms with van der Waals surface area (Å²) in [5, 5.41) is 0. The molecule has 0 saturated carbocycles. The molecule has 0 spiro atoms. The Bertz CT molecular complexity index is 303. The highest BCUT2D eigenvalue weighted by Gasteiger charge is 2.34. The Morgan fingerprint density at radius 1 is 0.552 bits per heavy atom. The van der Waals surface area contributed by atoms with Gasteiger partial charge in [0.1, 0.15) is 0 Å². The quantitative estimate of drug-likeness (QED) is 0.101. The van der Waals surface area contributed by atoms with E-state index in [0.717, 1.165) is 38.5 Å². The first-order valence-corrected chi connectivity index (χ1v) is 12.5. The summed E-state index contributed by atoms with van der Waals surface area (Å²) >= 11 is 0. The van der Waals surface area contributed by atoms with Gasteiger partial charge in [-0.1, -0.05) is 105 Å². The fourth-order valence-corrected chi connectivity index (χ4v) is 4.47. The van der Waals surface area contributed by atoms with Gasteiger partial charge in [-0.25, -0.2) is 19.6 Å². The number of hydrogen-bond acceptors (Lipinski definition) is 4. The summed E-state index contributed by atoms with van der Waals surface area (Å²) in [6.07, 6.45) is 19.7. The lowest BCUT2D eigenvalue weighted by Gasteiger charge is -2.37. The molecule has 0 fully saturated rings. The maximum Gasteiger partial charge on any atom is 0.0935 e. The third kappa shape index (κ3) is 14.5. The Hall–Kier alpha value is -0.160. The van der Waals surface area contributed by atoms with Crippen LogP contribution in [-0.4, -0.2) is 26.4 Å². The van der Waals surface area contributed by atoms with Crippen molar-refractivity contribution >= 4 is 0 Å². The standard InChI is InChI=1S/C25H52O4/c1-7-11-13-15-17-19-23(28-26-5)21-25(9-3,10-4)22-24(29-27-6)20-18-16-14-12-8-2/h23-24H,7-22H2,1-6H3. The molecule has 29 heavy (non-hydrogen) atoms. The van der Waals surface area contributed by atoms with Crippen LogP contribution >= 0.6 is 0 Å². The summed E-state index contributed by atoms with van der Waals surface area (Å²) < 4.78 is 0. The van der Waals surface area contributed by atoms with Gasteiger partial charge in [0.05, 0.1) is 26.4 Å². The molecule has 0 aliphatic heterocycles. The van der Waals surface area contributed by atoms with Gasteiger partial charge in [-0.05, 0) is 31.1 Å². The maximum atomic E-state index is 5.70. The van der Waals surface area contributed by atoms with Crippen molar-refractivity contribution in [2.75, 3.05) is 14.2 Å². The highest BCUT2D eigenvalue weighted by Crippen LogP contribution is 2.40. The van der Waals surface area contributed by atoms with Gasteiger partial charge >= 0.3 is 0 Å². The fourth-order valence-electron chi connectivity index (χ4n) is 4.47. The Balaban J connectivity index is 4.77. The Labute approximate surface area is 182 Å². The van der Waals surface area contributed by atoms with Crippen LogP contribution in [0.2, 0.25) is 0 Å². The van der Waals surface area contributed by atoms with Crippen LogP contribution in [-0.2, 0) is 19.6 Å². The summed E-state index contributed by atoms with van der Waals surface area (Å²) in [5.41, 5.74) is 0.208. The molecule has 2 atom stereocenters. The van der Waals surface area contributed by atoms with Gasteiger partial charge in [-0.3, -0.25) is 0 Å². The Morgan fingerprint density at radius 2 is 0.931 bits per heavy atom.